The molecule has 170 valence electrons. The Morgan fingerprint density at radius 2 is 1.88 bits per heavy atom. The third-order valence-electron chi connectivity index (χ3n) is 5.48. The summed E-state index contributed by atoms with van der Waals surface area (Å²) >= 11 is 0. The molecule has 0 atom stereocenters. The molecule has 5 aromatic heterocycles. The molecule has 9 nitrogen and oxygen atoms in total. The highest BCUT2D eigenvalue weighted by Crippen LogP contribution is 2.24. The van der Waals surface area contributed by atoms with E-state index in [9.17, 15) is 0 Å². The van der Waals surface area contributed by atoms with Crippen molar-refractivity contribution in [2.24, 2.45) is 0 Å². The second-order valence-corrected chi connectivity index (χ2v) is 8.21. The van der Waals surface area contributed by atoms with E-state index in [0.717, 1.165) is 33.3 Å². The Hall–Kier alpha value is -4.40. The molecule has 9 heteroatoms. The highest BCUT2D eigenvalue weighted by molar-refractivity contribution is 5.81. The zero-order valence-corrected chi connectivity index (χ0v) is 19.2. The summed E-state index contributed by atoms with van der Waals surface area (Å²) in [5, 5.41) is 16.0. The maximum absolute atomic E-state index is 5.34. The summed E-state index contributed by atoms with van der Waals surface area (Å²) in [7, 11) is 1.62. The molecule has 5 aromatic rings. The smallest absolute Gasteiger partial charge is 0.218 e. The number of hydrogen-bond donors (Lipinski definition) is 1. The lowest BCUT2D eigenvalue weighted by Gasteiger charge is -2.09. The molecule has 0 fully saturated rings. The Morgan fingerprint density at radius 3 is 2.74 bits per heavy atom. The van der Waals surface area contributed by atoms with Crippen LogP contribution < -0.4 is 10.1 Å². The zero-order valence-electron chi connectivity index (χ0n) is 19.2. The van der Waals surface area contributed by atoms with Crippen molar-refractivity contribution in [1.82, 2.24) is 34.9 Å². The molecule has 0 amide bonds. The number of methoxy groups -OCH3 is 1. The maximum atomic E-state index is 5.34. The number of aromatic nitrogens is 7. The van der Waals surface area contributed by atoms with E-state index in [0.29, 0.717) is 30.0 Å². The van der Waals surface area contributed by atoms with Gasteiger partial charge in [-0.15, -0.1) is 5.10 Å². The zero-order chi connectivity index (χ0) is 23.5. The van der Waals surface area contributed by atoms with Gasteiger partial charge in [-0.3, -0.25) is 9.67 Å². The first-order chi connectivity index (χ1) is 16.6. The summed E-state index contributed by atoms with van der Waals surface area (Å²) in [6.45, 7) is 4.80. The van der Waals surface area contributed by atoms with Crippen molar-refractivity contribution in [2.75, 3.05) is 12.4 Å². The van der Waals surface area contributed by atoms with Gasteiger partial charge in [0, 0.05) is 35.3 Å². The van der Waals surface area contributed by atoms with E-state index in [4.69, 9.17) is 9.72 Å². The van der Waals surface area contributed by atoms with Gasteiger partial charge in [0.15, 0.2) is 5.82 Å². The second kappa shape index (κ2) is 9.22. The fourth-order valence-electron chi connectivity index (χ4n) is 3.63. The number of fused-ring (bicyclic) bond motifs is 1. The predicted octanol–water partition coefficient (Wildman–Crippen LogP) is 4.60. The number of nitrogens with one attached hydrogen (secondary N) is 1. The van der Waals surface area contributed by atoms with Crippen molar-refractivity contribution < 1.29 is 4.74 Å². The molecule has 0 radical (unpaired) electrons. The van der Waals surface area contributed by atoms with Crippen LogP contribution in [0.3, 0.4) is 0 Å². The third-order valence-corrected chi connectivity index (χ3v) is 5.48. The summed E-state index contributed by atoms with van der Waals surface area (Å²) in [6, 6.07) is 11.7. The number of hydrogen-bond acceptors (Lipinski definition) is 8. The largest absolute Gasteiger partial charge is 0.481 e. The molecule has 1 N–H and O–H groups in total. The van der Waals surface area contributed by atoms with Crippen LogP contribution in [0.15, 0.2) is 67.4 Å². The summed E-state index contributed by atoms with van der Waals surface area (Å²) < 4.78 is 7.20. The van der Waals surface area contributed by atoms with E-state index in [1.54, 1.807) is 19.5 Å². The van der Waals surface area contributed by atoms with Gasteiger partial charge in [0.2, 0.25) is 5.88 Å². The van der Waals surface area contributed by atoms with Gasteiger partial charge in [0.1, 0.15) is 5.82 Å². The van der Waals surface area contributed by atoms with Crippen LogP contribution in [0.25, 0.3) is 22.2 Å². The summed E-state index contributed by atoms with van der Waals surface area (Å²) in [6.07, 6.45) is 9.12. The van der Waals surface area contributed by atoms with Gasteiger partial charge in [0.05, 0.1) is 37.1 Å². The molecule has 0 saturated carbocycles. The number of ether oxygens (including phenoxy) is 1. The summed E-state index contributed by atoms with van der Waals surface area (Å²) in [5.74, 6) is 2.31. The van der Waals surface area contributed by atoms with Crippen molar-refractivity contribution in [3.05, 3.63) is 78.5 Å². The molecular weight excluding hydrogens is 428 g/mol. The van der Waals surface area contributed by atoms with Crippen molar-refractivity contribution in [2.45, 2.75) is 26.3 Å². The third kappa shape index (κ3) is 4.54. The molecule has 0 aromatic carbocycles. The second-order valence-electron chi connectivity index (χ2n) is 8.21. The quantitative estimate of drug-likeness (QED) is 0.382. The van der Waals surface area contributed by atoms with Crippen molar-refractivity contribution in [3.63, 3.8) is 0 Å². The molecule has 0 aliphatic carbocycles. The Morgan fingerprint density at radius 1 is 0.971 bits per heavy atom. The van der Waals surface area contributed by atoms with Gasteiger partial charge >= 0.3 is 0 Å². The fourth-order valence-corrected chi connectivity index (χ4v) is 3.63. The number of anilines is 2. The van der Waals surface area contributed by atoms with Crippen LogP contribution in [-0.2, 0) is 6.54 Å². The van der Waals surface area contributed by atoms with E-state index in [-0.39, 0.29) is 0 Å². The number of pyridine rings is 3. The minimum Gasteiger partial charge on any atom is -0.481 e. The predicted molar refractivity (Wildman–Crippen MR) is 130 cm³/mol. The van der Waals surface area contributed by atoms with Gasteiger partial charge in [-0.1, -0.05) is 19.9 Å². The molecule has 0 bridgehead atoms. The highest BCUT2D eigenvalue weighted by Gasteiger charge is 2.09. The standard InChI is InChI=1S/C25H24N8O/c1-16(2)18-10-24(32-28-12-18)31-23-7-6-21-22(30-23)9-19(11-27-21)20-13-29-33(15-20)14-17-5-4-8-26-25(17)34-3/h4-13,15-16H,14H2,1-3H3,(H,30,31,32). The Labute approximate surface area is 196 Å². The molecular formula is C25H24N8O. The topological polar surface area (TPSA) is 104 Å². The first kappa shape index (κ1) is 21.4. The SMILES string of the molecule is COc1ncccc1Cn1cc(-c2cnc3ccc(Nc4cc(C(C)C)cnn4)nc3c2)cn1. The van der Waals surface area contributed by atoms with Crippen LogP contribution in [0.4, 0.5) is 11.6 Å². The van der Waals surface area contributed by atoms with Crippen molar-refractivity contribution in [1.29, 1.82) is 0 Å². The van der Waals surface area contributed by atoms with E-state index < -0.39 is 0 Å². The van der Waals surface area contributed by atoms with Crippen LogP contribution in [0.2, 0.25) is 0 Å². The molecule has 0 aliphatic rings. The molecule has 0 saturated heterocycles. The normalized spacial score (nSPS) is 11.2. The van der Waals surface area contributed by atoms with Crippen LogP contribution in [0.1, 0.15) is 30.9 Å². The van der Waals surface area contributed by atoms with Crippen LogP contribution >= 0.6 is 0 Å². The molecule has 0 spiro atoms. The average Bonchev–Trinajstić information content (AvgIpc) is 3.32. The van der Waals surface area contributed by atoms with E-state index in [2.05, 4.69) is 44.4 Å². The fraction of sp³-hybridized carbons (Fsp3) is 0.200. The minimum atomic E-state index is 0.368. The average molecular weight is 453 g/mol. The highest BCUT2D eigenvalue weighted by atomic mass is 16.5. The Kier molecular flexibility index (Phi) is 5.82. The monoisotopic (exact) mass is 452 g/mol. The van der Waals surface area contributed by atoms with Gasteiger partial charge in [-0.25, -0.2) is 9.97 Å². The lowest BCUT2D eigenvalue weighted by Crippen LogP contribution is -2.03. The van der Waals surface area contributed by atoms with Crippen molar-refractivity contribution in [3.8, 4) is 17.0 Å². The summed E-state index contributed by atoms with van der Waals surface area (Å²) in [5.41, 5.74) is 5.54. The van der Waals surface area contributed by atoms with Gasteiger partial charge in [0.25, 0.3) is 0 Å². The maximum Gasteiger partial charge on any atom is 0.218 e. The van der Waals surface area contributed by atoms with Gasteiger partial charge < -0.3 is 10.1 Å². The van der Waals surface area contributed by atoms with Crippen LogP contribution in [-0.4, -0.2) is 42.0 Å². The molecule has 34 heavy (non-hydrogen) atoms. The van der Waals surface area contributed by atoms with Gasteiger partial charge in [-0.2, -0.15) is 10.2 Å². The van der Waals surface area contributed by atoms with Gasteiger partial charge in [-0.05, 0) is 41.8 Å². The number of rotatable bonds is 7. The van der Waals surface area contributed by atoms with E-state index in [1.807, 2.05) is 59.7 Å². The van der Waals surface area contributed by atoms with Crippen molar-refractivity contribution >= 4 is 22.7 Å². The molecule has 5 heterocycles. The lowest BCUT2D eigenvalue weighted by molar-refractivity contribution is 0.390. The summed E-state index contributed by atoms with van der Waals surface area (Å²) in [4.78, 5) is 13.6. The van der Waals surface area contributed by atoms with E-state index in [1.165, 1.54) is 0 Å². The minimum absolute atomic E-state index is 0.368. The first-order valence-electron chi connectivity index (χ1n) is 11.0. The molecule has 5 rings (SSSR count). The lowest BCUT2D eigenvalue weighted by atomic mass is 10.1. The van der Waals surface area contributed by atoms with Crippen LogP contribution in [0, 0.1) is 0 Å². The Bertz CT molecular complexity index is 1450. The Balaban J connectivity index is 1.39. The van der Waals surface area contributed by atoms with Crippen LogP contribution in [0.5, 0.6) is 5.88 Å². The van der Waals surface area contributed by atoms with E-state index >= 15 is 0 Å². The first-order valence-corrected chi connectivity index (χ1v) is 11.0. The molecule has 0 aliphatic heterocycles. The number of nitrogens with zero attached hydrogens (tertiary/aromatic N) is 7. The molecule has 0 unspecified atom stereocenters.